The molecule has 1 aromatic rings. The maximum atomic E-state index is 11.9. The van der Waals surface area contributed by atoms with E-state index in [9.17, 15) is 8.42 Å². The van der Waals surface area contributed by atoms with Gasteiger partial charge < -0.3 is 10.1 Å². The SMILES string of the molecule is CNCCC1=CS(=O)(=O)c2ccc(OC)cc21. The van der Waals surface area contributed by atoms with Gasteiger partial charge in [-0.25, -0.2) is 8.42 Å². The Morgan fingerprint density at radius 2 is 2.12 bits per heavy atom. The van der Waals surface area contributed by atoms with E-state index in [0.29, 0.717) is 17.1 Å². The fourth-order valence-corrected chi connectivity index (χ4v) is 3.40. The molecule has 0 radical (unpaired) electrons. The maximum Gasteiger partial charge on any atom is 0.200 e. The second kappa shape index (κ2) is 4.50. The lowest BCUT2D eigenvalue weighted by molar-refractivity contribution is 0.414. The smallest absolute Gasteiger partial charge is 0.200 e. The van der Waals surface area contributed by atoms with Crippen molar-refractivity contribution in [2.75, 3.05) is 20.7 Å². The van der Waals surface area contributed by atoms with Crippen LogP contribution < -0.4 is 10.1 Å². The second-order valence-corrected chi connectivity index (χ2v) is 5.67. The Morgan fingerprint density at radius 1 is 1.35 bits per heavy atom. The van der Waals surface area contributed by atoms with Crippen molar-refractivity contribution < 1.29 is 13.2 Å². The Balaban J connectivity index is 2.47. The van der Waals surface area contributed by atoms with Crippen molar-refractivity contribution in [2.24, 2.45) is 0 Å². The molecule has 17 heavy (non-hydrogen) atoms. The first-order chi connectivity index (χ1) is 8.08. The van der Waals surface area contributed by atoms with Crippen molar-refractivity contribution in [1.82, 2.24) is 5.32 Å². The van der Waals surface area contributed by atoms with Crippen LogP contribution >= 0.6 is 0 Å². The van der Waals surface area contributed by atoms with Crippen molar-refractivity contribution in [2.45, 2.75) is 11.3 Å². The molecule has 2 rings (SSSR count). The van der Waals surface area contributed by atoms with E-state index in [1.54, 1.807) is 25.3 Å². The van der Waals surface area contributed by atoms with Crippen LogP contribution in [-0.4, -0.2) is 29.1 Å². The third-order valence-corrected chi connectivity index (χ3v) is 4.34. The average molecular weight is 253 g/mol. The van der Waals surface area contributed by atoms with Crippen molar-refractivity contribution in [3.63, 3.8) is 0 Å². The minimum Gasteiger partial charge on any atom is -0.497 e. The monoisotopic (exact) mass is 253 g/mol. The van der Waals surface area contributed by atoms with Crippen LogP contribution in [0.25, 0.3) is 5.57 Å². The van der Waals surface area contributed by atoms with Gasteiger partial charge in [-0.2, -0.15) is 0 Å². The van der Waals surface area contributed by atoms with E-state index in [4.69, 9.17) is 4.74 Å². The Bertz CT molecular complexity index is 561. The summed E-state index contributed by atoms with van der Waals surface area (Å²) >= 11 is 0. The molecule has 1 aliphatic heterocycles. The van der Waals surface area contributed by atoms with Crippen molar-refractivity contribution in [3.8, 4) is 5.75 Å². The number of fused-ring (bicyclic) bond motifs is 1. The number of rotatable bonds is 4. The predicted octanol–water partition coefficient (Wildman–Crippen LogP) is 1.43. The van der Waals surface area contributed by atoms with Crippen LogP contribution in [0.3, 0.4) is 0 Å². The van der Waals surface area contributed by atoms with Gasteiger partial charge in [0.2, 0.25) is 9.84 Å². The average Bonchev–Trinajstić information content (AvgIpc) is 2.58. The van der Waals surface area contributed by atoms with Crippen LogP contribution in [0.1, 0.15) is 12.0 Å². The number of ether oxygens (including phenoxy) is 1. The zero-order valence-corrected chi connectivity index (χ0v) is 10.7. The molecule has 0 atom stereocenters. The van der Waals surface area contributed by atoms with E-state index in [2.05, 4.69) is 5.32 Å². The van der Waals surface area contributed by atoms with Gasteiger partial charge in [0, 0.05) is 11.0 Å². The first-order valence-corrected chi connectivity index (χ1v) is 6.92. The fraction of sp³-hybridized carbons (Fsp3) is 0.333. The molecule has 0 fully saturated rings. The molecule has 0 amide bonds. The molecule has 0 aliphatic carbocycles. The van der Waals surface area contributed by atoms with Crippen LogP contribution in [0.5, 0.6) is 5.75 Å². The molecule has 0 saturated carbocycles. The van der Waals surface area contributed by atoms with E-state index in [1.165, 1.54) is 5.41 Å². The number of methoxy groups -OCH3 is 1. The third-order valence-electron chi connectivity index (χ3n) is 2.78. The minimum atomic E-state index is -3.26. The molecule has 1 N–H and O–H groups in total. The molecule has 1 heterocycles. The summed E-state index contributed by atoms with van der Waals surface area (Å²) < 4.78 is 28.9. The van der Waals surface area contributed by atoms with Gasteiger partial charge in [-0.05, 0) is 43.8 Å². The maximum absolute atomic E-state index is 11.9. The largest absolute Gasteiger partial charge is 0.497 e. The number of hydrogen-bond acceptors (Lipinski definition) is 4. The second-order valence-electron chi connectivity index (χ2n) is 3.90. The van der Waals surface area contributed by atoms with Gasteiger partial charge in [-0.1, -0.05) is 0 Å². The van der Waals surface area contributed by atoms with Gasteiger partial charge in [0.1, 0.15) is 5.75 Å². The topological polar surface area (TPSA) is 55.4 Å². The molecule has 0 bridgehead atoms. The lowest BCUT2D eigenvalue weighted by Gasteiger charge is -2.06. The van der Waals surface area contributed by atoms with E-state index >= 15 is 0 Å². The zero-order valence-electron chi connectivity index (χ0n) is 9.86. The Morgan fingerprint density at radius 3 is 2.76 bits per heavy atom. The van der Waals surface area contributed by atoms with Gasteiger partial charge in [0.05, 0.1) is 12.0 Å². The van der Waals surface area contributed by atoms with E-state index < -0.39 is 9.84 Å². The third kappa shape index (κ3) is 2.21. The molecular weight excluding hydrogens is 238 g/mol. The number of nitrogens with one attached hydrogen (secondary N) is 1. The summed E-state index contributed by atoms with van der Waals surface area (Å²) in [7, 11) is 0.160. The van der Waals surface area contributed by atoms with Crippen LogP contribution in [0.2, 0.25) is 0 Å². The highest BCUT2D eigenvalue weighted by molar-refractivity contribution is 7.95. The van der Waals surface area contributed by atoms with Gasteiger partial charge in [-0.3, -0.25) is 0 Å². The van der Waals surface area contributed by atoms with Crippen molar-refractivity contribution in [1.29, 1.82) is 0 Å². The standard InChI is InChI=1S/C12H15NO3S/c1-13-6-5-9-8-17(14,15)12-4-3-10(16-2)7-11(9)12/h3-4,7-8,13H,5-6H2,1-2H3. The summed E-state index contributed by atoms with van der Waals surface area (Å²) in [6, 6.07) is 5.05. The Hall–Kier alpha value is -1.33. The summed E-state index contributed by atoms with van der Waals surface area (Å²) in [4.78, 5) is 0.379. The molecule has 4 nitrogen and oxygen atoms in total. The van der Waals surface area contributed by atoms with Gasteiger partial charge in [-0.15, -0.1) is 0 Å². The summed E-state index contributed by atoms with van der Waals surface area (Å²) in [5.41, 5.74) is 1.60. The summed E-state index contributed by atoms with van der Waals surface area (Å²) in [5, 5.41) is 4.37. The summed E-state index contributed by atoms with van der Waals surface area (Å²) in [6.07, 6.45) is 0.690. The number of hydrogen-bond donors (Lipinski definition) is 1. The molecular formula is C12H15NO3S. The van der Waals surface area contributed by atoms with Crippen molar-refractivity contribution in [3.05, 3.63) is 29.2 Å². The molecule has 5 heteroatoms. The lowest BCUT2D eigenvalue weighted by Crippen LogP contribution is -2.07. The van der Waals surface area contributed by atoms with Crippen LogP contribution in [-0.2, 0) is 9.84 Å². The minimum absolute atomic E-state index is 0.379. The summed E-state index contributed by atoms with van der Waals surface area (Å²) in [5.74, 6) is 0.677. The van der Waals surface area contributed by atoms with Crippen LogP contribution in [0.4, 0.5) is 0 Å². The highest BCUT2D eigenvalue weighted by Crippen LogP contribution is 2.37. The quantitative estimate of drug-likeness (QED) is 0.882. The number of benzene rings is 1. The zero-order chi connectivity index (χ0) is 12.5. The summed E-state index contributed by atoms with van der Waals surface area (Å²) in [6.45, 7) is 0.748. The van der Waals surface area contributed by atoms with Gasteiger partial charge in [0.15, 0.2) is 0 Å². The molecule has 1 aromatic carbocycles. The van der Waals surface area contributed by atoms with E-state index in [0.717, 1.165) is 17.7 Å². The Kier molecular flexibility index (Phi) is 3.22. The fourth-order valence-electron chi connectivity index (χ4n) is 1.90. The first-order valence-electron chi connectivity index (χ1n) is 5.37. The van der Waals surface area contributed by atoms with Crippen molar-refractivity contribution >= 4 is 15.4 Å². The lowest BCUT2D eigenvalue weighted by atomic mass is 10.0. The van der Waals surface area contributed by atoms with E-state index in [-0.39, 0.29) is 0 Å². The molecule has 92 valence electrons. The van der Waals surface area contributed by atoms with Gasteiger partial charge >= 0.3 is 0 Å². The highest BCUT2D eigenvalue weighted by Gasteiger charge is 2.26. The predicted molar refractivity (Wildman–Crippen MR) is 66.7 cm³/mol. The van der Waals surface area contributed by atoms with E-state index in [1.807, 2.05) is 7.05 Å². The van der Waals surface area contributed by atoms with Crippen LogP contribution in [0.15, 0.2) is 28.5 Å². The molecule has 1 aliphatic rings. The normalized spacial score (nSPS) is 16.5. The molecule has 0 unspecified atom stereocenters. The van der Waals surface area contributed by atoms with Crippen LogP contribution in [0, 0.1) is 0 Å². The number of sulfone groups is 1. The first kappa shape index (κ1) is 12.1. The molecule has 0 aromatic heterocycles. The molecule has 0 saturated heterocycles. The Labute approximate surface area is 101 Å². The molecule has 0 spiro atoms. The van der Waals surface area contributed by atoms with Gasteiger partial charge in [0.25, 0.3) is 0 Å². The highest BCUT2D eigenvalue weighted by atomic mass is 32.2.